The molecule has 3 saturated heterocycles. The maximum Gasteiger partial charge on any atom is 0.416 e. The van der Waals surface area contributed by atoms with Crippen molar-refractivity contribution in [2.75, 3.05) is 39.3 Å². The van der Waals surface area contributed by atoms with Crippen molar-refractivity contribution in [3.05, 3.63) is 65.7 Å². The lowest BCUT2D eigenvalue weighted by Gasteiger charge is -2.37. The smallest absolute Gasteiger partial charge is 0.416 e. The molecule has 3 fully saturated rings. The van der Waals surface area contributed by atoms with E-state index in [0.717, 1.165) is 50.9 Å². The van der Waals surface area contributed by atoms with Crippen LogP contribution in [0.5, 0.6) is 5.75 Å². The molecule has 0 radical (unpaired) electrons. The summed E-state index contributed by atoms with van der Waals surface area (Å²) in [6, 6.07) is 12.8. The van der Waals surface area contributed by atoms with Gasteiger partial charge in [-0.3, -0.25) is 4.79 Å². The fourth-order valence-electron chi connectivity index (χ4n) is 5.97. The molecule has 43 heavy (non-hydrogen) atoms. The monoisotopic (exact) mass is 625 g/mol. The molecular formula is C30H38F3N3O6S. The first-order chi connectivity index (χ1) is 20.6. The molecule has 9 nitrogen and oxygen atoms in total. The van der Waals surface area contributed by atoms with Crippen molar-refractivity contribution in [3.8, 4) is 5.75 Å². The van der Waals surface area contributed by atoms with Crippen LogP contribution in [0.15, 0.2) is 54.6 Å². The molecule has 1 amide bonds. The van der Waals surface area contributed by atoms with E-state index in [-0.39, 0.29) is 25.3 Å². The van der Waals surface area contributed by atoms with Gasteiger partial charge in [0.25, 0.3) is 5.91 Å². The Kier molecular flexibility index (Phi) is 9.96. The van der Waals surface area contributed by atoms with Crippen LogP contribution in [0.1, 0.15) is 56.1 Å². The van der Waals surface area contributed by atoms with Crippen LogP contribution in [0.2, 0.25) is 0 Å². The molecule has 5 rings (SSSR count). The van der Waals surface area contributed by atoms with Crippen molar-refractivity contribution in [1.29, 1.82) is 0 Å². The number of alkyl halides is 3. The van der Waals surface area contributed by atoms with Gasteiger partial charge in [-0.15, -0.1) is 0 Å². The van der Waals surface area contributed by atoms with Gasteiger partial charge in [0.2, 0.25) is 10.0 Å². The molecule has 3 aliphatic heterocycles. The van der Waals surface area contributed by atoms with Crippen molar-refractivity contribution in [3.63, 3.8) is 0 Å². The number of rotatable bonds is 11. The quantitative estimate of drug-likeness (QED) is 0.369. The second kappa shape index (κ2) is 13.5. The van der Waals surface area contributed by atoms with Gasteiger partial charge in [-0.25, -0.2) is 18.7 Å². The van der Waals surface area contributed by atoms with E-state index in [1.54, 1.807) is 30.3 Å². The van der Waals surface area contributed by atoms with Gasteiger partial charge >= 0.3 is 6.18 Å². The molecule has 3 unspecified atom stereocenters. The van der Waals surface area contributed by atoms with Gasteiger partial charge < -0.3 is 14.4 Å². The van der Waals surface area contributed by atoms with Crippen molar-refractivity contribution >= 4 is 15.9 Å². The zero-order chi connectivity index (χ0) is 30.5. The number of carbonyl (C=O) groups excluding carboxylic acids is 1. The lowest BCUT2D eigenvalue weighted by atomic mass is 9.93. The summed E-state index contributed by atoms with van der Waals surface area (Å²) in [6.07, 6.45) is -1.08. The maximum absolute atomic E-state index is 14.7. The minimum atomic E-state index is -4.47. The largest absolute Gasteiger partial charge is 0.489 e. The summed E-state index contributed by atoms with van der Waals surface area (Å²) >= 11 is 0. The highest BCUT2D eigenvalue weighted by atomic mass is 32.2. The first-order valence-corrected chi connectivity index (χ1v) is 16.2. The van der Waals surface area contributed by atoms with Crippen molar-refractivity contribution in [2.24, 2.45) is 0 Å². The number of sulfonamides is 1. The fraction of sp³-hybridized carbons (Fsp3) is 0.567. The van der Waals surface area contributed by atoms with Gasteiger partial charge in [-0.2, -0.15) is 17.5 Å². The normalized spacial score (nSPS) is 23.6. The van der Waals surface area contributed by atoms with Gasteiger partial charge in [-0.1, -0.05) is 30.3 Å². The summed E-state index contributed by atoms with van der Waals surface area (Å²) in [5.41, 5.74) is 1.98. The van der Waals surface area contributed by atoms with Crippen LogP contribution >= 0.6 is 0 Å². The SMILES string of the molecule is O=C(NOC1CCCCO1)C(CCN1CCCC1)(c1ccccc1)S(=O)(=O)N1CCC(Oc2ccc(C(F)(F)F)cc2)C1. The van der Waals surface area contributed by atoms with Crippen molar-refractivity contribution in [2.45, 2.75) is 68.3 Å². The van der Waals surface area contributed by atoms with Crippen molar-refractivity contribution < 1.29 is 40.7 Å². The molecule has 0 bridgehead atoms. The third-order valence-corrected chi connectivity index (χ3v) is 10.9. The van der Waals surface area contributed by atoms with Crippen LogP contribution in [0.3, 0.4) is 0 Å². The molecule has 2 aromatic carbocycles. The molecule has 0 spiro atoms. The number of ether oxygens (including phenoxy) is 2. The molecule has 0 saturated carbocycles. The third-order valence-electron chi connectivity index (χ3n) is 8.38. The zero-order valence-electron chi connectivity index (χ0n) is 23.9. The number of nitrogens with one attached hydrogen (secondary N) is 1. The average Bonchev–Trinajstić information content (AvgIpc) is 3.70. The Morgan fingerprint density at radius 3 is 2.30 bits per heavy atom. The molecule has 0 aromatic heterocycles. The molecule has 3 atom stereocenters. The first-order valence-electron chi connectivity index (χ1n) is 14.8. The average molecular weight is 626 g/mol. The number of carbonyl (C=O) groups is 1. The van der Waals surface area contributed by atoms with E-state index >= 15 is 0 Å². The summed E-state index contributed by atoms with van der Waals surface area (Å²) in [5, 5.41) is 0. The van der Waals surface area contributed by atoms with Gasteiger partial charge in [-0.05, 0) is 81.4 Å². The van der Waals surface area contributed by atoms with E-state index in [9.17, 15) is 26.4 Å². The summed E-state index contributed by atoms with van der Waals surface area (Å²) in [5.74, 6) is -0.585. The number of hydrogen-bond donors (Lipinski definition) is 1. The standard InChI is InChI=1S/C30H38F3N3O6S/c31-30(32,33)24-11-13-25(14-12-24)41-26-15-19-36(22-26)43(38,39)29(23-8-2-1-3-9-23,16-20-35-17-5-6-18-35)28(37)34-42-27-10-4-7-21-40-27/h1-3,8-9,11-14,26-27H,4-7,10,15-22H2,(H,34,37). The van der Waals surface area contributed by atoms with Crippen LogP contribution in [-0.4, -0.2) is 75.3 Å². The van der Waals surface area contributed by atoms with E-state index < -0.39 is 44.8 Å². The Bertz CT molecular complexity index is 1320. The lowest BCUT2D eigenvalue weighted by Crippen LogP contribution is -2.56. The van der Waals surface area contributed by atoms with E-state index in [1.807, 2.05) is 0 Å². The molecule has 13 heteroatoms. The summed E-state index contributed by atoms with van der Waals surface area (Å²) in [4.78, 5) is 21.9. The van der Waals surface area contributed by atoms with E-state index in [0.29, 0.717) is 31.6 Å². The molecule has 0 aliphatic carbocycles. The lowest BCUT2D eigenvalue weighted by molar-refractivity contribution is -0.201. The van der Waals surface area contributed by atoms with Gasteiger partial charge in [0, 0.05) is 26.1 Å². The molecule has 1 N–H and O–H groups in total. The number of hydrogen-bond acceptors (Lipinski definition) is 7. The van der Waals surface area contributed by atoms with Crippen LogP contribution in [-0.2, 0) is 35.3 Å². The predicted molar refractivity (Wildman–Crippen MR) is 152 cm³/mol. The molecule has 3 heterocycles. The van der Waals surface area contributed by atoms with Crippen LogP contribution in [0.4, 0.5) is 13.2 Å². The number of benzene rings is 2. The van der Waals surface area contributed by atoms with E-state index in [2.05, 4.69) is 10.4 Å². The highest BCUT2D eigenvalue weighted by Gasteiger charge is 2.56. The maximum atomic E-state index is 14.7. The number of likely N-dealkylation sites (tertiary alicyclic amines) is 1. The molecule has 236 valence electrons. The fourth-order valence-corrected chi connectivity index (χ4v) is 8.17. The van der Waals surface area contributed by atoms with Gasteiger partial charge in [0.05, 0.1) is 12.1 Å². The molecule has 2 aromatic rings. The van der Waals surface area contributed by atoms with Gasteiger partial charge in [0.15, 0.2) is 11.0 Å². The Hall–Kier alpha value is -2.71. The summed E-state index contributed by atoms with van der Waals surface area (Å²) in [7, 11) is -4.37. The Morgan fingerprint density at radius 2 is 1.65 bits per heavy atom. The number of nitrogens with zero attached hydrogens (tertiary/aromatic N) is 2. The van der Waals surface area contributed by atoms with Crippen LogP contribution in [0, 0.1) is 0 Å². The first kappa shape index (κ1) is 31.7. The zero-order valence-corrected chi connectivity index (χ0v) is 24.7. The molecule has 3 aliphatic rings. The van der Waals surface area contributed by atoms with E-state index in [4.69, 9.17) is 14.3 Å². The Balaban J connectivity index is 1.41. The summed E-state index contributed by atoms with van der Waals surface area (Å²) in [6.45, 7) is 2.57. The minimum Gasteiger partial charge on any atom is -0.489 e. The second-order valence-electron chi connectivity index (χ2n) is 11.3. The number of hydroxylamine groups is 1. The minimum absolute atomic E-state index is 0.000984. The van der Waals surface area contributed by atoms with Gasteiger partial charge in [0.1, 0.15) is 11.9 Å². The topological polar surface area (TPSA) is 97.4 Å². The molecular weight excluding hydrogens is 587 g/mol. The number of amides is 1. The van der Waals surface area contributed by atoms with Crippen LogP contribution in [0.25, 0.3) is 0 Å². The summed E-state index contributed by atoms with van der Waals surface area (Å²) < 4.78 is 79.0. The number of halogens is 3. The Morgan fingerprint density at radius 1 is 0.930 bits per heavy atom. The van der Waals surface area contributed by atoms with E-state index in [1.165, 1.54) is 16.4 Å². The highest BCUT2D eigenvalue weighted by molar-refractivity contribution is 7.90. The third kappa shape index (κ3) is 7.17. The van der Waals surface area contributed by atoms with Crippen molar-refractivity contribution in [1.82, 2.24) is 14.7 Å². The predicted octanol–water partition coefficient (Wildman–Crippen LogP) is 4.44. The highest BCUT2D eigenvalue weighted by Crippen LogP contribution is 2.40. The second-order valence-corrected chi connectivity index (χ2v) is 13.4. The Labute approximate surface area is 250 Å². The van der Waals surface area contributed by atoms with Crippen LogP contribution < -0.4 is 10.2 Å².